The van der Waals surface area contributed by atoms with E-state index in [9.17, 15) is 19.3 Å². The first-order valence-corrected chi connectivity index (χ1v) is 8.31. The summed E-state index contributed by atoms with van der Waals surface area (Å²) in [5.74, 6) is 0.0492. The van der Waals surface area contributed by atoms with E-state index >= 15 is 0 Å². The van der Waals surface area contributed by atoms with Crippen LogP contribution in [0.4, 0.5) is 21.5 Å². The second-order valence-corrected chi connectivity index (χ2v) is 6.35. The zero-order valence-corrected chi connectivity index (χ0v) is 13.8. The summed E-state index contributed by atoms with van der Waals surface area (Å²) in [6.07, 6.45) is 1.31. The zero-order valence-electron chi connectivity index (χ0n) is 13.8. The molecule has 0 saturated carbocycles. The molecule has 2 aromatic carbocycles. The summed E-state index contributed by atoms with van der Waals surface area (Å²) in [6, 6.07) is 6.99. The predicted molar refractivity (Wildman–Crippen MR) is 92.9 cm³/mol. The van der Waals surface area contributed by atoms with Gasteiger partial charge in [-0.3, -0.25) is 14.9 Å². The van der Waals surface area contributed by atoms with Crippen molar-refractivity contribution in [1.82, 2.24) is 0 Å². The Morgan fingerprint density at radius 2 is 2.12 bits per heavy atom. The fourth-order valence-electron chi connectivity index (χ4n) is 3.39. The first kappa shape index (κ1) is 16.3. The van der Waals surface area contributed by atoms with Crippen LogP contribution in [0.3, 0.4) is 0 Å². The van der Waals surface area contributed by atoms with Gasteiger partial charge in [-0.1, -0.05) is 0 Å². The maximum Gasteiger partial charge on any atom is 0.292 e. The Balaban J connectivity index is 1.73. The summed E-state index contributed by atoms with van der Waals surface area (Å²) in [5, 5.41) is 17.4. The van der Waals surface area contributed by atoms with Crippen molar-refractivity contribution in [2.45, 2.75) is 25.3 Å². The standard InChI is InChI=1S/C18H16FN3O4/c19-11-2-3-17-12(8-11)13(5-6-26-17)20-15-9-14-10(1-4-18(23)21-14)7-16(15)22(24)25/h2-3,7-9,13,20H,1,4-6H2,(H,21,23). The zero-order chi connectivity index (χ0) is 18.3. The van der Waals surface area contributed by atoms with Gasteiger partial charge in [0.1, 0.15) is 17.3 Å². The molecule has 8 heteroatoms. The maximum atomic E-state index is 13.6. The molecule has 0 saturated heterocycles. The molecule has 0 radical (unpaired) electrons. The Hall–Kier alpha value is -3.16. The number of hydrogen-bond acceptors (Lipinski definition) is 5. The fraction of sp³-hybridized carbons (Fsp3) is 0.278. The van der Waals surface area contributed by atoms with Gasteiger partial charge >= 0.3 is 0 Å². The van der Waals surface area contributed by atoms with Gasteiger partial charge in [0.2, 0.25) is 5.91 Å². The van der Waals surface area contributed by atoms with E-state index in [1.165, 1.54) is 18.2 Å². The largest absolute Gasteiger partial charge is 0.493 e. The highest BCUT2D eigenvalue weighted by Gasteiger charge is 2.27. The number of anilines is 2. The average Bonchev–Trinajstić information content (AvgIpc) is 2.61. The topological polar surface area (TPSA) is 93.5 Å². The molecule has 0 bridgehead atoms. The monoisotopic (exact) mass is 357 g/mol. The van der Waals surface area contributed by atoms with E-state index in [-0.39, 0.29) is 23.3 Å². The van der Waals surface area contributed by atoms with Crippen LogP contribution in [0.5, 0.6) is 5.75 Å². The van der Waals surface area contributed by atoms with Gasteiger partial charge in [-0.15, -0.1) is 0 Å². The lowest BCUT2D eigenvalue weighted by molar-refractivity contribution is -0.384. The predicted octanol–water partition coefficient (Wildman–Crippen LogP) is 3.55. The van der Waals surface area contributed by atoms with Crippen molar-refractivity contribution in [3.05, 3.63) is 57.4 Å². The fourth-order valence-corrected chi connectivity index (χ4v) is 3.39. The van der Waals surface area contributed by atoms with Crippen LogP contribution in [0.25, 0.3) is 0 Å². The normalized spacial score (nSPS) is 18.2. The molecule has 2 aliphatic heterocycles. The first-order chi connectivity index (χ1) is 12.5. The number of halogens is 1. The van der Waals surface area contributed by atoms with Crippen LogP contribution < -0.4 is 15.4 Å². The number of nitro groups is 1. The molecule has 0 spiro atoms. The van der Waals surface area contributed by atoms with Gasteiger partial charge in [0.25, 0.3) is 5.69 Å². The smallest absolute Gasteiger partial charge is 0.292 e. The third kappa shape index (κ3) is 2.94. The summed E-state index contributed by atoms with van der Waals surface area (Å²) in [6.45, 7) is 0.422. The van der Waals surface area contributed by atoms with Crippen LogP contribution in [-0.2, 0) is 11.2 Å². The third-order valence-corrected chi connectivity index (χ3v) is 4.65. The lowest BCUT2D eigenvalue weighted by Gasteiger charge is -2.28. The van der Waals surface area contributed by atoms with Crippen molar-refractivity contribution in [1.29, 1.82) is 0 Å². The number of carbonyl (C=O) groups is 1. The van der Waals surface area contributed by atoms with E-state index in [1.807, 2.05) is 0 Å². The molecular weight excluding hydrogens is 341 g/mol. The summed E-state index contributed by atoms with van der Waals surface area (Å²) >= 11 is 0. The number of hydrogen-bond donors (Lipinski definition) is 2. The van der Waals surface area contributed by atoms with Gasteiger partial charge < -0.3 is 15.4 Å². The van der Waals surface area contributed by atoms with E-state index in [0.717, 1.165) is 5.56 Å². The number of nitrogens with one attached hydrogen (secondary N) is 2. The molecule has 7 nitrogen and oxygen atoms in total. The van der Waals surface area contributed by atoms with Crippen LogP contribution in [0.2, 0.25) is 0 Å². The van der Waals surface area contributed by atoms with Gasteiger partial charge in [-0.05, 0) is 36.2 Å². The van der Waals surface area contributed by atoms with Crippen molar-refractivity contribution in [2.24, 2.45) is 0 Å². The van der Waals surface area contributed by atoms with Gasteiger partial charge in [-0.25, -0.2) is 4.39 Å². The molecular formula is C18H16FN3O4. The van der Waals surface area contributed by atoms with Crippen molar-refractivity contribution in [2.75, 3.05) is 17.2 Å². The average molecular weight is 357 g/mol. The number of benzene rings is 2. The molecule has 0 aliphatic carbocycles. The van der Waals surface area contributed by atoms with E-state index in [0.29, 0.717) is 42.9 Å². The molecule has 4 rings (SSSR count). The minimum absolute atomic E-state index is 0.0654. The number of fused-ring (bicyclic) bond motifs is 2. The Morgan fingerprint density at radius 3 is 2.92 bits per heavy atom. The van der Waals surface area contributed by atoms with Crippen molar-refractivity contribution < 1.29 is 18.8 Å². The minimum atomic E-state index is -0.454. The summed E-state index contributed by atoms with van der Waals surface area (Å²) < 4.78 is 19.2. The SMILES string of the molecule is O=C1CCc2cc([N+](=O)[O-])c(NC3CCOc4ccc(F)cc43)cc2N1. The maximum absolute atomic E-state index is 13.6. The lowest BCUT2D eigenvalue weighted by Crippen LogP contribution is -2.22. The van der Waals surface area contributed by atoms with Crippen LogP contribution in [0.1, 0.15) is 30.0 Å². The van der Waals surface area contributed by atoms with E-state index in [2.05, 4.69) is 10.6 Å². The molecule has 1 unspecified atom stereocenters. The molecule has 0 aromatic heterocycles. The number of ether oxygens (including phenoxy) is 1. The Morgan fingerprint density at radius 1 is 1.27 bits per heavy atom. The van der Waals surface area contributed by atoms with Crippen LogP contribution >= 0.6 is 0 Å². The highest BCUT2D eigenvalue weighted by molar-refractivity contribution is 5.95. The van der Waals surface area contributed by atoms with Crippen molar-refractivity contribution >= 4 is 23.0 Å². The summed E-state index contributed by atoms with van der Waals surface area (Å²) in [7, 11) is 0. The Bertz CT molecular complexity index is 916. The molecule has 134 valence electrons. The van der Waals surface area contributed by atoms with E-state index < -0.39 is 10.7 Å². The Labute approximate surface area is 148 Å². The first-order valence-electron chi connectivity index (χ1n) is 8.31. The van der Waals surface area contributed by atoms with E-state index in [1.54, 1.807) is 12.1 Å². The molecule has 2 aliphatic rings. The number of carbonyl (C=O) groups excluding carboxylic acids is 1. The van der Waals surface area contributed by atoms with Gasteiger partial charge in [0, 0.05) is 30.2 Å². The molecule has 26 heavy (non-hydrogen) atoms. The molecule has 2 N–H and O–H groups in total. The summed E-state index contributed by atoms with van der Waals surface area (Å²) in [5.41, 5.74) is 2.15. The van der Waals surface area contributed by atoms with Crippen LogP contribution in [0.15, 0.2) is 30.3 Å². The van der Waals surface area contributed by atoms with Gasteiger partial charge in [-0.2, -0.15) is 0 Å². The number of aryl methyl sites for hydroxylation is 1. The minimum Gasteiger partial charge on any atom is -0.493 e. The second kappa shape index (κ2) is 6.29. The number of nitro benzene ring substituents is 1. The summed E-state index contributed by atoms with van der Waals surface area (Å²) in [4.78, 5) is 22.7. The molecule has 1 atom stereocenters. The molecule has 1 amide bonds. The third-order valence-electron chi connectivity index (χ3n) is 4.65. The van der Waals surface area contributed by atoms with Crippen molar-refractivity contribution in [3.8, 4) is 5.75 Å². The number of rotatable bonds is 3. The number of amides is 1. The van der Waals surface area contributed by atoms with Crippen molar-refractivity contribution in [3.63, 3.8) is 0 Å². The highest BCUT2D eigenvalue weighted by Crippen LogP contribution is 2.39. The Kier molecular flexibility index (Phi) is 3.95. The molecule has 0 fully saturated rings. The highest BCUT2D eigenvalue weighted by atomic mass is 19.1. The second-order valence-electron chi connectivity index (χ2n) is 6.35. The van der Waals surface area contributed by atoms with E-state index in [4.69, 9.17) is 4.74 Å². The number of nitrogens with zero attached hydrogens (tertiary/aromatic N) is 1. The lowest BCUT2D eigenvalue weighted by atomic mass is 9.98. The molecule has 2 heterocycles. The van der Waals surface area contributed by atoms with Crippen LogP contribution in [0, 0.1) is 15.9 Å². The van der Waals surface area contributed by atoms with Crippen LogP contribution in [-0.4, -0.2) is 17.4 Å². The van der Waals surface area contributed by atoms with Gasteiger partial charge in [0.05, 0.1) is 17.6 Å². The van der Waals surface area contributed by atoms with Gasteiger partial charge in [0.15, 0.2) is 0 Å². The quantitative estimate of drug-likeness (QED) is 0.647. The molecule has 2 aromatic rings.